The Morgan fingerprint density at radius 2 is 1.24 bits per heavy atom. The van der Waals surface area contributed by atoms with Crippen molar-refractivity contribution in [1.82, 2.24) is 0 Å². The number of fused-ring (bicyclic) bond motifs is 1. The smallest absolute Gasteiger partial charge is 0.190 e. The molecule has 3 aromatic rings. The summed E-state index contributed by atoms with van der Waals surface area (Å²) in [4.78, 5) is 0. The molecule has 0 N–H and O–H groups in total. The van der Waals surface area contributed by atoms with Crippen LogP contribution in [0, 0.1) is 0 Å². The SMILES string of the molecule is CC1(C)O[C@H]2O[C@H]([C@H]3COC(C)(C)O3)[C@H](OC3CC(OCc4ccccc4)C(OCc4ccccc4)C(COCc4ccccc4)O3)[C@H]2O1. The lowest BCUT2D eigenvalue weighted by Gasteiger charge is -2.42. The van der Waals surface area contributed by atoms with Gasteiger partial charge < -0.3 is 47.4 Å². The lowest BCUT2D eigenvalue weighted by molar-refractivity contribution is -0.305. The van der Waals surface area contributed by atoms with Crippen molar-refractivity contribution < 1.29 is 47.4 Å². The fraction of sp³-hybridized carbons (Fsp3) is 0.538. The summed E-state index contributed by atoms with van der Waals surface area (Å²) in [5, 5.41) is 0. The van der Waals surface area contributed by atoms with Crippen LogP contribution in [0.1, 0.15) is 50.8 Å². The van der Waals surface area contributed by atoms with Gasteiger partial charge in [-0.25, -0.2) is 0 Å². The summed E-state index contributed by atoms with van der Waals surface area (Å²) in [5.41, 5.74) is 3.20. The van der Waals surface area contributed by atoms with E-state index in [4.69, 9.17) is 47.4 Å². The molecule has 4 heterocycles. The summed E-state index contributed by atoms with van der Waals surface area (Å²) in [6, 6.07) is 30.3. The molecule has 0 saturated carbocycles. The summed E-state index contributed by atoms with van der Waals surface area (Å²) >= 11 is 0. The molecule has 7 rings (SSSR count). The van der Waals surface area contributed by atoms with Crippen LogP contribution in [-0.4, -0.2) is 80.1 Å². The quantitative estimate of drug-likeness (QED) is 0.218. The standard InChI is InChI=1S/C39H48O10/c1-38(2)43-25-31(47-38)34-35(36-37(46-34)49-39(3,4)48-36)45-32-20-29(41-22-27-16-10-6-11-17-27)33(42-23-28-18-12-7-13-19-28)30(44-32)24-40-21-26-14-8-5-9-15-26/h5-19,29-37H,20-25H2,1-4H3/t29?,30?,31-,32?,33?,34-,35+,36-,37-/m1/s1. The molecular formula is C39H48O10. The van der Waals surface area contributed by atoms with Gasteiger partial charge in [-0.1, -0.05) is 91.0 Å². The molecule has 0 spiro atoms. The maximum absolute atomic E-state index is 6.86. The van der Waals surface area contributed by atoms with Crippen LogP contribution in [0.4, 0.5) is 0 Å². The van der Waals surface area contributed by atoms with E-state index in [1.54, 1.807) is 0 Å². The average molecular weight is 677 g/mol. The van der Waals surface area contributed by atoms with E-state index in [0.29, 0.717) is 32.8 Å². The zero-order chi connectivity index (χ0) is 33.8. The Morgan fingerprint density at radius 1 is 0.633 bits per heavy atom. The minimum Gasteiger partial charge on any atom is -0.374 e. The fourth-order valence-electron chi connectivity index (χ4n) is 6.91. The van der Waals surface area contributed by atoms with Crippen molar-refractivity contribution in [1.29, 1.82) is 0 Å². The Kier molecular flexibility index (Phi) is 10.8. The largest absolute Gasteiger partial charge is 0.374 e. The lowest BCUT2D eigenvalue weighted by Crippen LogP contribution is -2.55. The summed E-state index contributed by atoms with van der Waals surface area (Å²) in [6.07, 6.45) is -4.08. The van der Waals surface area contributed by atoms with Gasteiger partial charge in [0, 0.05) is 6.42 Å². The van der Waals surface area contributed by atoms with E-state index in [2.05, 4.69) is 12.1 Å². The van der Waals surface area contributed by atoms with E-state index in [9.17, 15) is 0 Å². The number of rotatable bonds is 13. The molecule has 4 saturated heterocycles. The average Bonchev–Trinajstić information content (AvgIpc) is 3.72. The molecule has 0 amide bonds. The van der Waals surface area contributed by atoms with Crippen molar-refractivity contribution >= 4 is 0 Å². The van der Waals surface area contributed by atoms with Gasteiger partial charge in [-0.15, -0.1) is 0 Å². The zero-order valence-electron chi connectivity index (χ0n) is 28.7. The monoisotopic (exact) mass is 676 g/mol. The highest BCUT2D eigenvalue weighted by molar-refractivity contribution is 5.15. The third-order valence-corrected chi connectivity index (χ3v) is 9.20. The Labute approximate surface area is 288 Å². The number of benzene rings is 3. The Morgan fingerprint density at radius 3 is 1.86 bits per heavy atom. The molecular weight excluding hydrogens is 628 g/mol. The molecule has 4 aliphatic rings. The molecule has 9 atom stereocenters. The molecule has 4 fully saturated rings. The van der Waals surface area contributed by atoms with Gasteiger partial charge in [-0.3, -0.25) is 0 Å². The summed E-state index contributed by atoms with van der Waals surface area (Å²) < 4.78 is 64.2. The van der Waals surface area contributed by atoms with Crippen LogP contribution < -0.4 is 0 Å². The lowest BCUT2D eigenvalue weighted by atomic mass is 10.00. The molecule has 10 nitrogen and oxygen atoms in total. The first-order valence-electron chi connectivity index (χ1n) is 17.3. The van der Waals surface area contributed by atoms with E-state index in [1.165, 1.54) is 0 Å². The highest BCUT2D eigenvalue weighted by Crippen LogP contribution is 2.43. The van der Waals surface area contributed by atoms with Crippen molar-refractivity contribution in [3.8, 4) is 0 Å². The van der Waals surface area contributed by atoms with Crippen LogP contribution in [0.25, 0.3) is 0 Å². The van der Waals surface area contributed by atoms with Gasteiger partial charge in [0.1, 0.15) is 36.6 Å². The first-order valence-corrected chi connectivity index (χ1v) is 17.3. The van der Waals surface area contributed by atoms with Crippen molar-refractivity contribution in [2.24, 2.45) is 0 Å². The van der Waals surface area contributed by atoms with Crippen molar-refractivity contribution in [2.75, 3.05) is 13.2 Å². The highest BCUT2D eigenvalue weighted by Gasteiger charge is 2.60. The Hall–Kier alpha value is -2.74. The number of hydrogen-bond acceptors (Lipinski definition) is 10. The third-order valence-electron chi connectivity index (χ3n) is 9.20. The zero-order valence-corrected chi connectivity index (χ0v) is 28.7. The normalized spacial score (nSPS) is 33.4. The first kappa shape index (κ1) is 34.7. The Balaban J connectivity index is 1.13. The predicted molar refractivity (Wildman–Crippen MR) is 178 cm³/mol. The summed E-state index contributed by atoms with van der Waals surface area (Å²) in [6.45, 7) is 9.41. The predicted octanol–water partition coefficient (Wildman–Crippen LogP) is 5.90. The number of hydrogen-bond donors (Lipinski definition) is 0. The fourth-order valence-corrected chi connectivity index (χ4v) is 6.91. The second kappa shape index (κ2) is 15.2. The molecule has 0 aliphatic carbocycles. The molecule has 0 aromatic heterocycles. The molecule has 10 heteroatoms. The van der Waals surface area contributed by atoms with Crippen LogP contribution in [0.3, 0.4) is 0 Å². The topological polar surface area (TPSA) is 92.3 Å². The van der Waals surface area contributed by atoms with Gasteiger partial charge in [0.2, 0.25) is 0 Å². The van der Waals surface area contributed by atoms with Crippen LogP contribution in [0.2, 0.25) is 0 Å². The minimum absolute atomic E-state index is 0.274. The van der Waals surface area contributed by atoms with E-state index < -0.39 is 54.7 Å². The van der Waals surface area contributed by atoms with E-state index in [-0.39, 0.29) is 18.8 Å². The van der Waals surface area contributed by atoms with Crippen LogP contribution in [0.5, 0.6) is 0 Å². The van der Waals surface area contributed by atoms with Gasteiger partial charge >= 0.3 is 0 Å². The second-order valence-corrected chi connectivity index (χ2v) is 14.0. The number of ether oxygens (including phenoxy) is 10. The van der Waals surface area contributed by atoms with Gasteiger partial charge in [-0.05, 0) is 44.4 Å². The van der Waals surface area contributed by atoms with Gasteiger partial charge in [0.25, 0.3) is 0 Å². The second-order valence-electron chi connectivity index (χ2n) is 14.0. The Bertz CT molecular complexity index is 1450. The highest BCUT2D eigenvalue weighted by atomic mass is 16.9. The van der Waals surface area contributed by atoms with Gasteiger partial charge in [0.15, 0.2) is 24.2 Å². The maximum Gasteiger partial charge on any atom is 0.190 e. The third kappa shape index (κ3) is 8.77. The van der Waals surface area contributed by atoms with Gasteiger partial charge in [0.05, 0.1) is 39.1 Å². The maximum atomic E-state index is 6.86. The molecule has 49 heavy (non-hydrogen) atoms. The summed E-state index contributed by atoms with van der Waals surface area (Å²) in [5.74, 6) is -1.56. The molecule has 3 aromatic carbocycles. The molecule has 0 bridgehead atoms. The van der Waals surface area contributed by atoms with Crippen molar-refractivity contribution in [2.45, 2.75) is 121 Å². The minimum atomic E-state index is -0.826. The van der Waals surface area contributed by atoms with Crippen molar-refractivity contribution in [3.63, 3.8) is 0 Å². The molecule has 4 unspecified atom stereocenters. The molecule has 0 radical (unpaired) electrons. The molecule has 4 aliphatic heterocycles. The van der Waals surface area contributed by atoms with Crippen LogP contribution in [-0.2, 0) is 67.2 Å². The molecule has 264 valence electrons. The van der Waals surface area contributed by atoms with Crippen molar-refractivity contribution in [3.05, 3.63) is 108 Å². The van der Waals surface area contributed by atoms with Crippen LogP contribution >= 0.6 is 0 Å². The first-order chi connectivity index (χ1) is 23.7. The van der Waals surface area contributed by atoms with E-state index >= 15 is 0 Å². The van der Waals surface area contributed by atoms with Gasteiger partial charge in [-0.2, -0.15) is 0 Å². The van der Waals surface area contributed by atoms with E-state index in [1.807, 2.05) is 107 Å². The van der Waals surface area contributed by atoms with E-state index in [0.717, 1.165) is 16.7 Å². The van der Waals surface area contributed by atoms with Crippen LogP contribution in [0.15, 0.2) is 91.0 Å². The summed E-state index contributed by atoms with van der Waals surface area (Å²) in [7, 11) is 0.